The van der Waals surface area contributed by atoms with E-state index in [0.717, 1.165) is 11.1 Å². The third-order valence-electron chi connectivity index (χ3n) is 3.26. The van der Waals surface area contributed by atoms with E-state index >= 15 is 0 Å². The van der Waals surface area contributed by atoms with Gasteiger partial charge in [0.15, 0.2) is 0 Å². The van der Waals surface area contributed by atoms with Gasteiger partial charge in [0.1, 0.15) is 0 Å². The predicted octanol–water partition coefficient (Wildman–Crippen LogP) is 3.43. The van der Waals surface area contributed by atoms with Crippen molar-refractivity contribution in [1.82, 2.24) is 4.31 Å². The molecule has 112 valence electrons. The van der Waals surface area contributed by atoms with E-state index in [4.69, 9.17) is 0 Å². The van der Waals surface area contributed by atoms with Crippen molar-refractivity contribution in [3.05, 3.63) is 71.8 Å². The van der Waals surface area contributed by atoms with Gasteiger partial charge in [0, 0.05) is 13.1 Å². The molecule has 0 unspecified atom stereocenters. The lowest BCUT2D eigenvalue weighted by molar-refractivity contribution is 0.401. The Hall–Kier alpha value is -1.65. The summed E-state index contributed by atoms with van der Waals surface area (Å²) in [6.45, 7) is 2.72. The smallest absolute Gasteiger partial charge is 0.212 e. The van der Waals surface area contributed by atoms with E-state index in [-0.39, 0.29) is 5.75 Å². The van der Waals surface area contributed by atoms with Crippen LogP contribution in [0.3, 0.4) is 0 Å². The van der Waals surface area contributed by atoms with Crippen molar-refractivity contribution in [2.75, 3.05) is 5.75 Å². The molecule has 0 atom stereocenters. The Kier molecular flexibility index (Phi) is 5.53. The fourth-order valence-electron chi connectivity index (χ4n) is 2.21. The molecule has 2 aromatic rings. The van der Waals surface area contributed by atoms with Crippen molar-refractivity contribution < 1.29 is 8.42 Å². The van der Waals surface area contributed by atoms with Crippen LogP contribution in [0.25, 0.3) is 0 Å². The van der Waals surface area contributed by atoms with Gasteiger partial charge in [-0.1, -0.05) is 67.6 Å². The maximum atomic E-state index is 12.5. The molecule has 0 aliphatic rings. The first-order valence-electron chi connectivity index (χ1n) is 7.17. The van der Waals surface area contributed by atoms with Gasteiger partial charge in [-0.25, -0.2) is 8.42 Å². The van der Waals surface area contributed by atoms with Crippen molar-refractivity contribution in [2.24, 2.45) is 0 Å². The molecule has 4 heteroatoms. The van der Waals surface area contributed by atoms with Crippen LogP contribution < -0.4 is 0 Å². The lowest BCUT2D eigenvalue weighted by Crippen LogP contribution is -2.32. The molecule has 3 nitrogen and oxygen atoms in total. The Morgan fingerprint density at radius 3 is 1.62 bits per heavy atom. The van der Waals surface area contributed by atoms with Crippen LogP contribution in [0.15, 0.2) is 60.7 Å². The van der Waals surface area contributed by atoms with Crippen molar-refractivity contribution in [3.8, 4) is 0 Å². The van der Waals surface area contributed by atoms with Crippen LogP contribution in [0.1, 0.15) is 24.5 Å². The first-order chi connectivity index (χ1) is 10.1. The Labute approximate surface area is 127 Å². The molecule has 0 fully saturated rings. The molecule has 0 saturated heterocycles. The first kappa shape index (κ1) is 15.7. The van der Waals surface area contributed by atoms with Gasteiger partial charge in [0.05, 0.1) is 5.75 Å². The van der Waals surface area contributed by atoms with Crippen LogP contribution in [0, 0.1) is 0 Å². The molecule has 21 heavy (non-hydrogen) atoms. The zero-order valence-electron chi connectivity index (χ0n) is 12.3. The molecular weight excluding hydrogens is 282 g/mol. The number of sulfonamides is 1. The number of hydrogen-bond donors (Lipinski definition) is 0. The number of hydrogen-bond acceptors (Lipinski definition) is 2. The van der Waals surface area contributed by atoms with Crippen LogP contribution >= 0.6 is 0 Å². The third-order valence-corrected chi connectivity index (χ3v) is 5.23. The Morgan fingerprint density at radius 1 is 0.810 bits per heavy atom. The van der Waals surface area contributed by atoms with Gasteiger partial charge < -0.3 is 0 Å². The standard InChI is InChI=1S/C17H21NO2S/c1-2-13-21(19,20)18(14-16-9-5-3-6-10-16)15-17-11-7-4-8-12-17/h3-12H,2,13-15H2,1H3. The summed E-state index contributed by atoms with van der Waals surface area (Å²) >= 11 is 0. The Bertz CT molecular complexity index is 598. The SMILES string of the molecule is CCCS(=O)(=O)N(Cc1ccccc1)Cc1ccccc1. The molecule has 0 amide bonds. The zero-order valence-corrected chi connectivity index (χ0v) is 13.1. The van der Waals surface area contributed by atoms with Crippen LogP contribution in [0.4, 0.5) is 0 Å². The third kappa shape index (κ3) is 4.69. The molecule has 2 rings (SSSR count). The minimum atomic E-state index is -3.24. The molecule has 0 radical (unpaired) electrons. The maximum absolute atomic E-state index is 12.5. The second-order valence-corrected chi connectivity index (χ2v) is 7.14. The molecule has 0 aromatic heterocycles. The number of nitrogens with zero attached hydrogens (tertiary/aromatic N) is 1. The zero-order chi connectivity index (χ0) is 15.1. The fourth-order valence-corrected chi connectivity index (χ4v) is 3.68. The number of benzene rings is 2. The molecule has 0 spiro atoms. The predicted molar refractivity (Wildman–Crippen MR) is 86.2 cm³/mol. The van der Waals surface area contributed by atoms with E-state index in [0.29, 0.717) is 19.5 Å². The fraction of sp³-hybridized carbons (Fsp3) is 0.294. The number of rotatable bonds is 7. The van der Waals surface area contributed by atoms with E-state index in [1.807, 2.05) is 67.6 Å². The lowest BCUT2D eigenvalue weighted by atomic mass is 10.2. The summed E-state index contributed by atoms with van der Waals surface area (Å²) in [6.07, 6.45) is 0.627. The van der Waals surface area contributed by atoms with Gasteiger partial charge in [-0.2, -0.15) is 4.31 Å². The second-order valence-electron chi connectivity index (χ2n) is 5.06. The lowest BCUT2D eigenvalue weighted by Gasteiger charge is -2.22. The van der Waals surface area contributed by atoms with Gasteiger partial charge >= 0.3 is 0 Å². The first-order valence-corrected chi connectivity index (χ1v) is 8.78. The molecular formula is C17H21NO2S. The molecule has 0 aliphatic carbocycles. The van der Waals surface area contributed by atoms with Crippen LogP contribution in [-0.2, 0) is 23.1 Å². The van der Waals surface area contributed by atoms with Crippen molar-refractivity contribution >= 4 is 10.0 Å². The van der Waals surface area contributed by atoms with Gasteiger partial charge in [0.2, 0.25) is 10.0 Å². The minimum absolute atomic E-state index is 0.187. The highest BCUT2D eigenvalue weighted by molar-refractivity contribution is 7.89. The summed E-state index contributed by atoms with van der Waals surface area (Å²) < 4.78 is 26.5. The normalized spacial score (nSPS) is 11.7. The summed E-state index contributed by atoms with van der Waals surface area (Å²) in [5.74, 6) is 0.187. The van der Waals surface area contributed by atoms with E-state index in [1.54, 1.807) is 4.31 Å². The topological polar surface area (TPSA) is 37.4 Å². The van der Waals surface area contributed by atoms with E-state index in [9.17, 15) is 8.42 Å². The molecule has 0 N–H and O–H groups in total. The molecule has 0 aliphatic heterocycles. The monoisotopic (exact) mass is 303 g/mol. The molecule has 0 heterocycles. The van der Waals surface area contributed by atoms with Gasteiger partial charge in [0.25, 0.3) is 0 Å². The quantitative estimate of drug-likeness (QED) is 0.786. The van der Waals surface area contributed by atoms with E-state index in [2.05, 4.69) is 0 Å². The highest BCUT2D eigenvalue weighted by atomic mass is 32.2. The summed E-state index contributed by atoms with van der Waals surface area (Å²) in [5.41, 5.74) is 2.02. The van der Waals surface area contributed by atoms with Gasteiger partial charge in [-0.3, -0.25) is 0 Å². The summed E-state index contributed by atoms with van der Waals surface area (Å²) in [4.78, 5) is 0. The molecule has 0 saturated carbocycles. The van der Waals surface area contributed by atoms with Crippen molar-refractivity contribution in [3.63, 3.8) is 0 Å². The average Bonchev–Trinajstić information content (AvgIpc) is 2.49. The maximum Gasteiger partial charge on any atom is 0.214 e. The van der Waals surface area contributed by atoms with Crippen LogP contribution in [0.5, 0.6) is 0 Å². The largest absolute Gasteiger partial charge is 0.214 e. The summed E-state index contributed by atoms with van der Waals surface area (Å²) in [7, 11) is -3.24. The molecule has 0 bridgehead atoms. The van der Waals surface area contributed by atoms with E-state index < -0.39 is 10.0 Å². The van der Waals surface area contributed by atoms with Crippen LogP contribution in [0.2, 0.25) is 0 Å². The van der Waals surface area contributed by atoms with Gasteiger partial charge in [-0.05, 0) is 17.5 Å². The van der Waals surface area contributed by atoms with E-state index in [1.165, 1.54) is 0 Å². The Balaban J connectivity index is 2.22. The van der Waals surface area contributed by atoms with Gasteiger partial charge in [-0.15, -0.1) is 0 Å². The highest BCUT2D eigenvalue weighted by Crippen LogP contribution is 2.15. The summed E-state index contributed by atoms with van der Waals surface area (Å²) in [5, 5.41) is 0. The minimum Gasteiger partial charge on any atom is -0.212 e. The van der Waals surface area contributed by atoms with Crippen molar-refractivity contribution in [1.29, 1.82) is 0 Å². The highest BCUT2D eigenvalue weighted by Gasteiger charge is 2.21. The van der Waals surface area contributed by atoms with Crippen LogP contribution in [-0.4, -0.2) is 18.5 Å². The summed E-state index contributed by atoms with van der Waals surface area (Å²) in [6, 6.07) is 19.4. The van der Waals surface area contributed by atoms with Crippen molar-refractivity contribution in [2.45, 2.75) is 26.4 Å². The second kappa shape index (κ2) is 7.38. The molecule has 2 aromatic carbocycles. The average molecular weight is 303 g/mol. The Morgan fingerprint density at radius 2 is 1.24 bits per heavy atom.